The molecule has 0 aliphatic heterocycles. The molecule has 0 saturated carbocycles. The van der Waals surface area contributed by atoms with Crippen molar-refractivity contribution in [2.24, 2.45) is 0 Å². The van der Waals surface area contributed by atoms with E-state index in [0.29, 0.717) is 17.5 Å². The van der Waals surface area contributed by atoms with E-state index in [1.165, 1.54) is 44.2 Å². The molecule has 0 fully saturated rings. The van der Waals surface area contributed by atoms with Gasteiger partial charge < -0.3 is 4.42 Å². The Balaban J connectivity index is 1.16. The molecule has 252 valence electrons. The highest BCUT2D eigenvalue weighted by Gasteiger charge is 2.47. The van der Waals surface area contributed by atoms with Gasteiger partial charge in [-0.2, -0.15) is 0 Å². The van der Waals surface area contributed by atoms with Crippen LogP contribution in [0.3, 0.4) is 0 Å². The summed E-state index contributed by atoms with van der Waals surface area (Å²) in [6.07, 6.45) is 0. The quantitative estimate of drug-likeness (QED) is 0.180. The molecule has 0 saturated heterocycles. The molecule has 2 heterocycles. The SMILES string of the molecule is c1ccc(-c2nc(-c3ccccc3)nc(-c3ccc4oc5ccc(C6(c7ccccc7)c7ccccc7-c7ccc8ccccc8c76)cc5c4c3)n2)cc1. The number of fused-ring (bicyclic) bond motifs is 8. The fourth-order valence-electron chi connectivity index (χ4n) is 8.62. The average Bonchev–Trinajstić information content (AvgIpc) is 3.78. The summed E-state index contributed by atoms with van der Waals surface area (Å²) in [5.74, 6) is 1.88. The van der Waals surface area contributed by atoms with Crippen LogP contribution in [0.5, 0.6) is 0 Å². The van der Waals surface area contributed by atoms with Gasteiger partial charge in [0, 0.05) is 27.5 Å². The van der Waals surface area contributed by atoms with Gasteiger partial charge in [-0.15, -0.1) is 0 Å². The third kappa shape index (κ3) is 4.53. The molecule has 0 spiro atoms. The van der Waals surface area contributed by atoms with Gasteiger partial charge >= 0.3 is 0 Å². The van der Waals surface area contributed by atoms with Crippen molar-refractivity contribution in [1.82, 2.24) is 15.0 Å². The molecular weight excluding hydrogens is 659 g/mol. The van der Waals surface area contributed by atoms with E-state index in [4.69, 9.17) is 19.4 Å². The fourth-order valence-corrected chi connectivity index (χ4v) is 8.62. The second-order valence-electron chi connectivity index (χ2n) is 13.9. The first kappa shape index (κ1) is 30.5. The van der Waals surface area contributed by atoms with Gasteiger partial charge in [-0.05, 0) is 74.5 Å². The van der Waals surface area contributed by atoms with Crippen LogP contribution in [0, 0.1) is 0 Å². The predicted molar refractivity (Wildman–Crippen MR) is 218 cm³/mol. The molecule has 0 amide bonds. The Morgan fingerprint density at radius 3 is 1.67 bits per heavy atom. The van der Waals surface area contributed by atoms with Crippen molar-refractivity contribution < 1.29 is 4.42 Å². The van der Waals surface area contributed by atoms with Crippen molar-refractivity contribution in [3.8, 4) is 45.3 Å². The van der Waals surface area contributed by atoms with Crippen LogP contribution in [0.25, 0.3) is 78.0 Å². The van der Waals surface area contributed by atoms with E-state index in [2.05, 4.69) is 115 Å². The van der Waals surface area contributed by atoms with Crippen LogP contribution >= 0.6 is 0 Å². The second kappa shape index (κ2) is 11.9. The zero-order chi connectivity index (χ0) is 35.6. The van der Waals surface area contributed by atoms with Gasteiger partial charge in [0.15, 0.2) is 17.5 Å². The normalized spacial score (nSPS) is 14.7. The van der Waals surface area contributed by atoms with E-state index in [-0.39, 0.29) is 0 Å². The van der Waals surface area contributed by atoms with Crippen LogP contribution in [0.1, 0.15) is 22.3 Å². The summed E-state index contributed by atoms with van der Waals surface area (Å²) in [5, 5.41) is 4.55. The number of benzene rings is 8. The van der Waals surface area contributed by atoms with E-state index in [1.54, 1.807) is 0 Å². The maximum Gasteiger partial charge on any atom is 0.164 e. The molecule has 0 radical (unpaired) electrons. The highest BCUT2D eigenvalue weighted by Crippen LogP contribution is 2.58. The van der Waals surface area contributed by atoms with Crippen molar-refractivity contribution in [3.05, 3.63) is 210 Å². The summed E-state index contributed by atoms with van der Waals surface area (Å²) in [7, 11) is 0. The molecule has 10 aromatic rings. The lowest BCUT2D eigenvalue weighted by atomic mass is 9.66. The predicted octanol–water partition coefficient (Wildman–Crippen LogP) is 12.3. The number of rotatable bonds is 5. The minimum absolute atomic E-state index is 0.563. The summed E-state index contributed by atoms with van der Waals surface area (Å²) in [4.78, 5) is 15.0. The summed E-state index contributed by atoms with van der Waals surface area (Å²) in [6.45, 7) is 0. The summed E-state index contributed by atoms with van der Waals surface area (Å²) >= 11 is 0. The molecule has 54 heavy (non-hydrogen) atoms. The lowest BCUT2D eigenvalue weighted by Gasteiger charge is -2.34. The average molecular weight is 690 g/mol. The van der Waals surface area contributed by atoms with Crippen molar-refractivity contribution in [2.45, 2.75) is 5.41 Å². The molecule has 0 bridgehead atoms. The molecule has 1 unspecified atom stereocenters. The molecule has 4 nitrogen and oxygen atoms in total. The third-order valence-electron chi connectivity index (χ3n) is 11.0. The van der Waals surface area contributed by atoms with E-state index in [1.807, 2.05) is 72.8 Å². The molecule has 11 rings (SSSR count). The Bertz CT molecular complexity index is 2990. The number of hydrogen-bond acceptors (Lipinski definition) is 4. The molecule has 0 N–H and O–H groups in total. The van der Waals surface area contributed by atoms with E-state index in [0.717, 1.165) is 38.6 Å². The first-order valence-corrected chi connectivity index (χ1v) is 18.3. The Kier molecular flexibility index (Phi) is 6.73. The standard InChI is InChI=1S/C50H31N3O/c1-4-15-33(16-5-1)47-51-48(34-17-6-2-7-18-34)53-49(52-47)35-25-28-44-41(30-35)42-31-37(26-29-45(42)54-44)50(36-19-8-3-9-20-36)43-23-13-12-22-39(43)40-27-24-32-14-10-11-21-38(32)46(40)50/h1-31H. The smallest absolute Gasteiger partial charge is 0.164 e. The van der Waals surface area contributed by atoms with Gasteiger partial charge in [0.1, 0.15) is 11.2 Å². The Morgan fingerprint density at radius 1 is 0.370 bits per heavy atom. The minimum Gasteiger partial charge on any atom is -0.456 e. The molecular formula is C50H31N3O. The number of nitrogens with zero attached hydrogens (tertiary/aromatic N) is 3. The van der Waals surface area contributed by atoms with Gasteiger partial charge in [0.05, 0.1) is 5.41 Å². The van der Waals surface area contributed by atoms with Crippen molar-refractivity contribution in [1.29, 1.82) is 0 Å². The zero-order valence-electron chi connectivity index (χ0n) is 29.1. The maximum absolute atomic E-state index is 6.54. The minimum atomic E-state index is -0.563. The fraction of sp³-hybridized carbons (Fsp3) is 0.0200. The van der Waals surface area contributed by atoms with Crippen LogP contribution in [-0.2, 0) is 5.41 Å². The van der Waals surface area contributed by atoms with Crippen molar-refractivity contribution in [2.75, 3.05) is 0 Å². The van der Waals surface area contributed by atoms with Crippen LogP contribution in [0.2, 0.25) is 0 Å². The van der Waals surface area contributed by atoms with Crippen LogP contribution in [0.4, 0.5) is 0 Å². The maximum atomic E-state index is 6.54. The topological polar surface area (TPSA) is 51.8 Å². The summed E-state index contributed by atoms with van der Waals surface area (Å²) < 4.78 is 6.54. The van der Waals surface area contributed by atoms with Gasteiger partial charge in [-0.1, -0.05) is 158 Å². The first-order chi connectivity index (χ1) is 26.8. The van der Waals surface area contributed by atoms with Gasteiger partial charge in [0.25, 0.3) is 0 Å². The monoisotopic (exact) mass is 689 g/mol. The van der Waals surface area contributed by atoms with Crippen molar-refractivity contribution >= 4 is 32.7 Å². The van der Waals surface area contributed by atoms with Gasteiger partial charge in [-0.25, -0.2) is 15.0 Å². The number of furan rings is 1. The van der Waals surface area contributed by atoms with E-state index in [9.17, 15) is 0 Å². The van der Waals surface area contributed by atoms with Crippen LogP contribution in [-0.4, -0.2) is 15.0 Å². The molecule has 1 aliphatic carbocycles. The third-order valence-corrected chi connectivity index (χ3v) is 11.0. The largest absolute Gasteiger partial charge is 0.456 e. The van der Waals surface area contributed by atoms with Gasteiger partial charge in [0.2, 0.25) is 0 Å². The number of aromatic nitrogens is 3. The molecule has 4 heteroatoms. The van der Waals surface area contributed by atoms with E-state index >= 15 is 0 Å². The Labute approximate surface area is 312 Å². The lowest BCUT2D eigenvalue weighted by Crippen LogP contribution is -2.28. The summed E-state index contributed by atoms with van der Waals surface area (Å²) in [6, 6.07) is 66.4. The zero-order valence-corrected chi connectivity index (χ0v) is 29.1. The molecule has 1 aliphatic rings. The first-order valence-electron chi connectivity index (χ1n) is 18.3. The van der Waals surface area contributed by atoms with Gasteiger partial charge in [-0.3, -0.25) is 0 Å². The Morgan fingerprint density at radius 2 is 0.944 bits per heavy atom. The van der Waals surface area contributed by atoms with E-state index < -0.39 is 5.41 Å². The van der Waals surface area contributed by atoms with Crippen molar-refractivity contribution in [3.63, 3.8) is 0 Å². The highest BCUT2D eigenvalue weighted by atomic mass is 16.3. The molecule has 2 aromatic heterocycles. The summed E-state index contributed by atoms with van der Waals surface area (Å²) in [5.41, 5.74) is 11.4. The molecule has 1 atom stereocenters. The Hall–Kier alpha value is -7.17. The lowest BCUT2D eigenvalue weighted by molar-refractivity contribution is 0.668. The van der Waals surface area contributed by atoms with Crippen LogP contribution in [0.15, 0.2) is 192 Å². The highest BCUT2D eigenvalue weighted by molar-refractivity contribution is 6.07. The van der Waals surface area contributed by atoms with Crippen LogP contribution < -0.4 is 0 Å². The molecule has 8 aromatic carbocycles. The number of hydrogen-bond donors (Lipinski definition) is 0. The second-order valence-corrected chi connectivity index (χ2v) is 13.9.